The van der Waals surface area contributed by atoms with E-state index in [2.05, 4.69) is 38.6 Å². The first-order chi connectivity index (χ1) is 11.7. The number of guanidine groups is 1. The normalized spacial score (nSPS) is 21.0. The highest BCUT2D eigenvalue weighted by Gasteiger charge is 2.29. The molecule has 128 valence electrons. The van der Waals surface area contributed by atoms with E-state index in [4.69, 9.17) is 0 Å². The van der Waals surface area contributed by atoms with E-state index in [1.165, 1.54) is 18.6 Å². The van der Waals surface area contributed by atoms with Gasteiger partial charge < -0.3 is 10.6 Å². The predicted molar refractivity (Wildman–Crippen MR) is 99.7 cm³/mol. The Bertz CT molecular complexity index is 676. The van der Waals surface area contributed by atoms with E-state index in [0.29, 0.717) is 11.3 Å². The predicted octanol–water partition coefficient (Wildman–Crippen LogP) is 2.22. The first-order valence-corrected chi connectivity index (χ1v) is 9.19. The second kappa shape index (κ2) is 7.70. The molecule has 0 amide bonds. The Morgan fingerprint density at radius 2 is 2.33 bits per heavy atom. The molecule has 24 heavy (non-hydrogen) atoms. The third-order valence-electron chi connectivity index (χ3n) is 4.19. The highest BCUT2D eigenvalue weighted by Crippen LogP contribution is 2.36. The lowest BCUT2D eigenvalue weighted by Gasteiger charge is -2.24. The number of hydrogen-bond donors (Lipinski definition) is 2. The number of nitrogens with zero attached hydrogens (tertiary/aromatic N) is 4. The van der Waals surface area contributed by atoms with Gasteiger partial charge in [0.1, 0.15) is 12.1 Å². The Morgan fingerprint density at radius 3 is 3.04 bits per heavy atom. The van der Waals surface area contributed by atoms with Gasteiger partial charge in [0.2, 0.25) is 0 Å². The van der Waals surface area contributed by atoms with Crippen LogP contribution in [0.2, 0.25) is 0 Å². The number of thioether (sulfide) groups is 1. The second-order valence-electron chi connectivity index (χ2n) is 6.17. The molecule has 0 aromatic carbocycles. The number of rotatable bonds is 5. The van der Waals surface area contributed by atoms with Crippen molar-refractivity contribution in [1.82, 2.24) is 25.2 Å². The molecule has 2 aromatic rings. The number of hydrogen-bond acceptors (Lipinski definition) is 4. The van der Waals surface area contributed by atoms with Gasteiger partial charge in [-0.3, -0.25) is 9.56 Å². The van der Waals surface area contributed by atoms with E-state index < -0.39 is 0 Å². The molecule has 0 bridgehead atoms. The van der Waals surface area contributed by atoms with E-state index in [1.807, 2.05) is 41.8 Å². The minimum Gasteiger partial charge on any atom is -0.355 e. The molecule has 0 aliphatic carbocycles. The minimum absolute atomic E-state index is 0.322. The van der Waals surface area contributed by atoms with Crippen molar-refractivity contribution >= 4 is 17.7 Å². The molecule has 1 saturated heterocycles. The summed E-state index contributed by atoms with van der Waals surface area (Å²) in [6.45, 7) is 3.97. The fourth-order valence-electron chi connectivity index (χ4n) is 2.76. The van der Waals surface area contributed by atoms with E-state index in [-0.39, 0.29) is 0 Å². The van der Waals surface area contributed by atoms with Gasteiger partial charge in [-0.05, 0) is 43.2 Å². The van der Waals surface area contributed by atoms with Gasteiger partial charge in [0, 0.05) is 43.5 Å². The van der Waals surface area contributed by atoms with Gasteiger partial charge in [-0.2, -0.15) is 11.8 Å². The first kappa shape index (κ1) is 16.8. The van der Waals surface area contributed by atoms with E-state index in [0.717, 1.165) is 23.9 Å². The molecule has 7 heteroatoms. The van der Waals surface area contributed by atoms with Crippen LogP contribution >= 0.6 is 11.8 Å². The summed E-state index contributed by atoms with van der Waals surface area (Å²) in [5.74, 6) is 2.97. The van der Waals surface area contributed by atoms with Crippen LogP contribution in [0.4, 0.5) is 0 Å². The van der Waals surface area contributed by atoms with Crippen LogP contribution in [0.15, 0.2) is 42.0 Å². The number of nitrogens with one attached hydrogen (secondary N) is 2. The molecule has 1 aliphatic rings. The molecule has 0 radical (unpaired) electrons. The molecule has 0 saturated carbocycles. The maximum absolute atomic E-state index is 4.37. The molecule has 6 nitrogen and oxygen atoms in total. The monoisotopic (exact) mass is 344 g/mol. The van der Waals surface area contributed by atoms with Crippen LogP contribution in [-0.2, 0) is 6.54 Å². The summed E-state index contributed by atoms with van der Waals surface area (Å²) in [5.41, 5.74) is 1.15. The summed E-state index contributed by atoms with van der Waals surface area (Å²) in [5, 5.41) is 6.83. The lowest BCUT2D eigenvalue weighted by Crippen LogP contribution is -2.43. The second-order valence-corrected chi connectivity index (χ2v) is 7.86. The Morgan fingerprint density at radius 1 is 1.42 bits per heavy atom. The van der Waals surface area contributed by atoms with Crippen LogP contribution < -0.4 is 10.6 Å². The van der Waals surface area contributed by atoms with Crippen molar-refractivity contribution in [2.24, 2.45) is 4.99 Å². The number of imidazole rings is 1. The molecule has 1 aliphatic heterocycles. The quantitative estimate of drug-likeness (QED) is 0.643. The van der Waals surface area contributed by atoms with Crippen LogP contribution in [0.1, 0.15) is 25.3 Å². The molecule has 0 spiro atoms. The number of aromatic nitrogens is 3. The lowest BCUT2D eigenvalue weighted by atomic mass is 10.1. The van der Waals surface area contributed by atoms with Crippen LogP contribution in [0.5, 0.6) is 0 Å². The summed E-state index contributed by atoms with van der Waals surface area (Å²) in [6.07, 6.45) is 9.78. The van der Waals surface area contributed by atoms with Crippen molar-refractivity contribution in [3.05, 3.63) is 42.6 Å². The summed E-state index contributed by atoms with van der Waals surface area (Å²) in [7, 11) is 1.81. The van der Waals surface area contributed by atoms with E-state index >= 15 is 0 Å². The molecule has 1 fully saturated rings. The fraction of sp³-hybridized carbons (Fsp3) is 0.471. The largest absolute Gasteiger partial charge is 0.355 e. The summed E-state index contributed by atoms with van der Waals surface area (Å²) in [4.78, 5) is 12.8. The molecule has 2 N–H and O–H groups in total. The lowest BCUT2D eigenvalue weighted by molar-refractivity contribution is 0.584. The van der Waals surface area contributed by atoms with Gasteiger partial charge in [-0.15, -0.1) is 0 Å². The minimum atomic E-state index is 0.322. The van der Waals surface area contributed by atoms with Crippen molar-refractivity contribution in [2.45, 2.75) is 31.1 Å². The zero-order chi connectivity index (χ0) is 16.8. The summed E-state index contributed by atoms with van der Waals surface area (Å²) >= 11 is 2.05. The molecule has 3 heterocycles. The maximum Gasteiger partial charge on any atom is 0.191 e. The van der Waals surface area contributed by atoms with Crippen molar-refractivity contribution in [3.8, 4) is 5.82 Å². The van der Waals surface area contributed by atoms with Gasteiger partial charge in [-0.25, -0.2) is 9.97 Å². The molecule has 1 unspecified atom stereocenters. The average molecular weight is 344 g/mol. The zero-order valence-electron chi connectivity index (χ0n) is 14.2. The van der Waals surface area contributed by atoms with E-state index in [9.17, 15) is 0 Å². The Labute approximate surface area is 147 Å². The third-order valence-corrected chi connectivity index (χ3v) is 5.73. The highest BCUT2D eigenvalue weighted by atomic mass is 32.2. The Balaban J connectivity index is 1.55. The van der Waals surface area contributed by atoms with Crippen LogP contribution in [0.3, 0.4) is 0 Å². The molecule has 3 rings (SSSR count). The van der Waals surface area contributed by atoms with Gasteiger partial charge in [0.25, 0.3) is 0 Å². The van der Waals surface area contributed by atoms with Crippen molar-refractivity contribution in [3.63, 3.8) is 0 Å². The Kier molecular flexibility index (Phi) is 5.40. The van der Waals surface area contributed by atoms with Crippen LogP contribution in [0, 0.1) is 0 Å². The number of pyridine rings is 1. The van der Waals surface area contributed by atoms with Crippen molar-refractivity contribution < 1.29 is 0 Å². The first-order valence-electron chi connectivity index (χ1n) is 8.20. The maximum atomic E-state index is 4.37. The summed E-state index contributed by atoms with van der Waals surface area (Å²) in [6, 6.07) is 4.06. The van der Waals surface area contributed by atoms with Gasteiger partial charge in [0.05, 0.1) is 0 Å². The Hall–Kier alpha value is -2.02. The van der Waals surface area contributed by atoms with Crippen LogP contribution in [-0.4, -0.2) is 44.6 Å². The highest BCUT2D eigenvalue weighted by molar-refractivity contribution is 8.00. The van der Waals surface area contributed by atoms with Crippen LogP contribution in [0.25, 0.3) is 5.82 Å². The molecular weight excluding hydrogens is 320 g/mol. The molecule has 2 aromatic heterocycles. The topological polar surface area (TPSA) is 67.1 Å². The van der Waals surface area contributed by atoms with Gasteiger partial charge in [-0.1, -0.05) is 0 Å². The van der Waals surface area contributed by atoms with Gasteiger partial charge in [0.15, 0.2) is 5.96 Å². The smallest absolute Gasteiger partial charge is 0.191 e. The van der Waals surface area contributed by atoms with Gasteiger partial charge >= 0.3 is 0 Å². The van der Waals surface area contributed by atoms with Crippen molar-refractivity contribution in [1.29, 1.82) is 0 Å². The average Bonchev–Trinajstić information content (AvgIpc) is 3.27. The van der Waals surface area contributed by atoms with E-state index in [1.54, 1.807) is 12.5 Å². The zero-order valence-corrected chi connectivity index (χ0v) is 15.0. The third kappa shape index (κ3) is 4.29. The molecule has 1 atom stereocenters. The number of aliphatic imine (C=N–C) groups is 1. The SMILES string of the molecule is CN=C(NCc1ccnc(-n2ccnc2)c1)NCC1(C)CCCS1. The fourth-order valence-corrected chi connectivity index (χ4v) is 4.00. The molecular formula is C17H24N6S. The van der Waals surface area contributed by atoms with Crippen molar-refractivity contribution in [2.75, 3.05) is 19.3 Å². The summed E-state index contributed by atoms with van der Waals surface area (Å²) < 4.78 is 2.22. The standard InChI is InChI=1S/C17H24N6S/c1-17(5-3-9-24-17)12-22-16(18-2)21-11-14-4-6-20-15(10-14)23-8-7-19-13-23/h4,6-8,10,13H,3,5,9,11-12H2,1-2H3,(H2,18,21,22).